The van der Waals surface area contributed by atoms with Crippen LogP contribution in [0.5, 0.6) is 0 Å². The van der Waals surface area contributed by atoms with Gasteiger partial charge in [0.25, 0.3) is 0 Å². The molecule has 1 aliphatic heterocycles. The molecule has 2 amide bonds. The van der Waals surface area contributed by atoms with E-state index in [1.807, 2.05) is 30.3 Å². The lowest BCUT2D eigenvalue weighted by Crippen LogP contribution is -2.48. The zero-order chi connectivity index (χ0) is 15.1. The van der Waals surface area contributed by atoms with Gasteiger partial charge in [0.1, 0.15) is 12.1 Å². The van der Waals surface area contributed by atoms with Crippen molar-refractivity contribution in [2.45, 2.75) is 44.2 Å². The molecule has 5 heteroatoms. The van der Waals surface area contributed by atoms with Crippen LogP contribution in [0.25, 0.3) is 0 Å². The molecule has 0 unspecified atom stereocenters. The number of carbonyl (C=O) groups excluding carboxylic acids is 2. The van der Waals surface area contributed by atoms with Gasteiger partial charge in [0.15, 0.2) is 0 Å². The van der Waals surface area contributed by atoms with Crippen molar-refractivity contribution in [3.63, 3.8) is 0 Å². The van der Waals surface area contributed by atoms with Gasteiger partial charge in [-0.3, -0.25) is 9.59 Å². The third-order valence-electron chi connectivity index (χ3n) is 3.68. The molecule has 1 heterocycles. The summed E-state index contributed by atoms with van der Waals surface area (Å²) in [6, 6.07) is 9.41. The Kier molecular flexibility index (Phi) is 5.75. The van der Waals surface area contributed by atoms with E-state index in [0.717, 1.165) is 19.3 Å². The second kappa shape index (κ2) is 7.78. The van der Waals surface area contributed by atoms with Crippen LogP contribution in [0.4, 0.5) is 0 Å². The number of hydrogen-bond acceptors (Lipinski definition) is 3. The molecule has 0 bridgehead atoms. The monoisotopic (exact) mass is 290 g/mol. The number of nitrogens with one attached hydrogen (secondary N) is 1. The minimum absolute atomic E-state index is 0.226. The second-order valence-electron chi connectivity index (χ2n) is 5.34. The molecule has 0 aromatic heterocycles. The van der Waals surface area contributed by atoms with Crippen molar-refractivity contribution in [3.05, 3.63) is 35.9 Å². The number of hydrogen-bond donors (Lipinski definition) is 2. The van der Waals surface area contributed by atoms with E-state index in [4.69, 9.17) is 10.5 Å². The second-order valence-corrected chi connectivity index (χ2v) is 5.34. The smallest absolute Gasteiger partial charge is 0.249 e. The van der Waals surface area contributed by atoms with Crippen molar-refractivity contribution >= 4 is 11.8 Å². The van der Waals surface area contributed by atoms with E-state index < -0.39 is 18.1 Å². The molecule has 2 rings (SSSR count). The quantitative estimate of drug-likeness (QED) is 0.790. The van der Waals surface area contributed by atoms with Gasteiger partial charge in [-0.15, -0.1) is 0 Å². The van der Waals surface area contributed by atoms with E-state index in [1.165, 1.54) is 5.56 Å². The summed E-state index contributed by atoms with van der Waals surface area (Å²) in [4.78, 5) is 23.4. The van der Waals surface area contributed by atoms with Gasteiger partial charge in [-0.25, -0.2) is 0 Å². The Morgan fingerprint density at radius 1 is 1.33 bits per heavy atom. The van der Waals surface area contributed by atoms with Crippen molar-refractivity contribution in [3.8, 4) is 0 Å². The molecule has 0 spiro atoms. The first-order chi connectivity index (χ1) is 10.2. The van der Waals surface area contributed by atoms with Crippen molar-refractivity contribution in [2.24, 2.45) is 5.73 Å². The van der Waals surface area contributed by atoms with Crippen LogP contribution in [0.1, 0.15) is 31.2 Å². The van der Waals surface area contributed by atoms with E-state index in [0.29, 0.717) is 19.4 Å². The number of aryl methyl sites for hydroxylation is 1. The van der Waals surface area contributed by atoms with Crippen molar-refractivity contribution in [1.29, 1.82) is 0 Å². The highest BCUT2D eigenvalue weighted by Crippen LogP contribution is 2.13. The van der Waals surface area contributed by atoms with Crippen molar-refractivity contribution in [2.75, 3.05) is 6.61 Å². The number of carbonyl (C=O) groups is 2. The lowest BCUT2D eigenvalue weighted by molar-refractivity contribution is -0.133. The van der Waals surface area contributed by atoms with Crippen LogP contribution >= 0.6 is 0 Å². The summed E-state index contributed by atoms with van der Waals surface area (Å²) in [6.45, 7) is 0.604. The highest BCUT2D eigenvalue weighted by atomic mass is 16.5. The predicted molar refractivity (Wildman–Crippen MR) is 79.5 cm³/mol. The summed E-state index contributed by atoms with van der Waals surface area (Å²) in [7, 11) is 0. The number of amides is 2. The average Bonchev–Trinajstić information content (AvgIpc) is 3.01. The van der Waals surface area contributed by atoms with Crippen LogP contribution in [-0.4, -0.2) is 30.6 Å². The first kappa shape index (κ1) is 15.5. The molecule has 21 heavy (non-hydrogen) atoms. The first-order valence-electron chi connectivity index (χ1n) is 7.42. The van der Waals surface area contributed by atoms with Gasteiger partial charge in [-0.05, 0) is 37.7 Å². The maximum absolute atomic E-state index is 11.9. The molecule has 114 valence electrons. The van der Waals surface area contributed by atoms with Gasteiger partial charge < -0.3 is 15.8 Å². The summed E-state index contributed by atoms with van der Waals surface area (Å²) in [5, 5.41) is 2.71. The van der Waals surface area contributed by atoms with Crippen LogP contribution in [0.3, 0.4) is 0 Å². The summed E-state index contributed by atoms with van der Waals surface area (Å²) >= 11 is 0. The Morgan fingerprint density at radius 3 is 2.71 bits per heavy atom. The topological polar surface area (TPSA) is 81.4 Å². The fourth-order valence-electron chi connectivity index (χ4n) is 2.49. The third kappa shape index (κ3) is 4.86. The van der Waals surface area contributed by atoms with E-state index in [9.17, 15) is 9.59 Å². The summed E-state index contributed by atoms with van der Waals surface area (Å²) < 4.78 is 5.30. The van der Waals surface area contributed by atoms with Gasteiger partial charge in [-0.2, -0.15) is 0 Å². The highest BCUT2D eigenvalue weighted by molar-refractivity contribution is 5.88. The van der Waals surface area contributed by atoms with Gasteiger partial charge in [-0.1, -0.05) is 30.3 Å². The summed E-state index contributed by atoms with van der Waals surface area (Å²) in [5.41, 5.74) is 6.58. The molecule has 0 radical (unpaired) electrons. The predicted octanol–water partition coefficient (Wildman–Crippen LogP) is 1.16. The average molecular weight is 290 g/mol. The lowest BCUT2D eigenvalue weighted by Gasteiger charge is -2.17. The van der Waals surface area contributed by atoms with E-state index in [-0.39, 0.29) is 5.91 Å². The zero-order valence-corrected chi connectivity index (χ0v) is 12.1. The molecule has 0 saturated carbocycles. The van der Waals surface area contributed by atoms with Crippen LogP contribution < -0.4 is 11.1 Å². The Balaban J connectivity index is 1.79. The number of ether oxygens (including phenoxy) is 1. The van der Waals surface area contributed by atoms with Gasteiger partial charge in [0.2, 0.25) is 11.8 Å². The molecule has 3 N–H and O–H groups in total. The molecular weight excluding hydrogens is 268 g/mol. The van der Waals surface area contributed by atoms with Gasteiger partial charge in [0, 0.05) is 6.61 Å². The summed E-state index contributed by atoms with van der Waals surface area (Å²) in [6.07, 6.45) is 3.36. The SMILES string of the molecule is NC(=O)[C@@H](CCCc1ccccc1)NC(=O)[C@@H]1CCCO1. The molecule has 1 saturated heterocycles. The standard InChI is InChI=1S/C16H22N2O3/c17-15(19)13(18-16(20)14-10-5-11-21-14)9-4-8-12-6-2-1-3-7-12/h1-3,6-7,13-14H,4-5,8-11H2,(H2,17,19)(H,18,20)/t13-,14+/m1/s1. The number of benzene rings is 1. The summed E-state index contributed by atoms with van der Waals surface area (Å²) in [5.74, 6) is -0.717. The Morgan fingerprint density at radius 2 is 2.10 bits per heavy atom. The molecule has 1 fully saturated rings. The zero-order valence-electron chi connectivity index (χ0n) is 12.1. The molecular formula is C16H22N2O3. The number of nitrogens with two attached hydrogens (primary N) is 1. The fraction of sp³-hybridized carbons (Fsp3) is 0.500. The van der Waals surface area contributed by atoms with Crippen LogP contribution in [0, 0.1) is 0 Å². The lowest BCUT2D eigenvalue weighted by atomic mass is 10.0. The van der Waals surface area contributed by atoms with Crippen LogP contribution in [0.2, 0.25) is 0 Å². The molecule has 0 aliphatic carbocycles. The largest absolute Gasteiger partial charge is 0.368 e. The molecule has 2 atom stereocenters. The van der Waals surface area contributed by atoms with Crippen molar-refractivity contribution in [1.82, 2.24) is 5.32 Å². The molecule has 1 aromatic rings. The Bertz CT molecular complexity index is 470. The van der Waals surface area contributed by atoms with Crippen LogP contribution in [-0.2, 0) is 20.7 Å². The van der Waals surface area contributed by atoms with E-state index in [1.54, 1.807) is 0 Å². The van der Waals surface area contributed by atoms with Crippen molar-refractivity contribution < 1.29 is 14.3 Å². The van der Waals surface area contributed by atoms with Gasteiger partial charge >= 0.3 is 0 Å². The maximum Gasteiger partial charge on any atom is 0.249 e. The number of rotatable bonds is 7. The van der Waals surface area contributed by atoms with E-state index in [2.05, 4.69) is 5.32 Å². The third-order valence-corrected chi connectivity index (χ3v) is 3.68. The number of primary amides is 1. The Hall–Kier alpha value is -1.88. The molecule has 1 aliphatic rings. The normalized spacial score (nSPS) is 19.1. The minimum atomic E-state index is -0.620. The van der Waals surface area contributed by atoms with Gasteiger partial charge in [0.05, 0.1) is 0 Å². The highest BCUT2D eigenvalue weighted by Gasteiger charge is 2.27. The maximum atomic E-state index is 11.9. The van der Waals surface area contributed by atoms with E-state index >= 15 is 0 Å². The minimum Gasteiger partial charge on any atom is -0.368 e. The fourth-order valence-corrected chi connectivity index (χ4v) is 2.49. The molecule has 1 aromatic carbocycles. The first-order valence-corrected chi connectivity index (χ1v) is 7.42. The van der Waals surface area contributed by atoms with Crippen LogP contribution in [0.15, 0.2) is 30.3 Å². The Labute approximate surface area is 124 Å². The molecule has 5 nitrogen and oxygen atoms in total.